The van der Waals surface area contributed by atoms with Crippen molar-refractivity contribution in [3.05, 3.63) is 107 Å². The smallest absolute Gasteiger partial charge is 0.261 e. The van der Waals surface area contributed by atoms with Crippen LogP contribution in [0.3, 0.4) is 0 Å². The Labute approximate surface area is 209 Å². The third-order valence-corrected chi connectivity index (χ3v) is 8.05. The average molecular weight is 469 g/mol. The van der Waals surface area contributed by atoms with E-state index in [1.807, 2.05) is 62.4 Å². The Bertz CT molecular complexity index is 1120. The standard InChI is InChI=1S/C31H36N2O2/c1-22-8-6-12-27(16-22)31(35,28-13-7-9-23(2)17-28)30(34)32-18-29-25-14-15-26(29)21-33(20-25)19-24-10-4-3-5-11-24/h3-13,16-17,25-26,29,35H,14-15,18-21H2,1-2H3,(H,32,34). The molecule has 1 saturated carbocycles. The Morgan fingerprint density at radius 2 is 1.46 bits per heavy atom. The average Bonchev–Trinajstić information content (AvgIpc) is 3.10. The minimum atomic E-state index is -1.72. The first-order valence-electron chi connectivity index (χ1n) is 12.8. The zero-order valence-electron chi connectivity index (χ0n) is 20.8. The number of nitrogens with zero attached hydrogens (tertiary/aromatic N) is 1. The summed E-state index contributed by atoms with van der Waals surface area (Å²) >= 11 is 0. The molecule has 0 aromatic heterocycles. The van der Waals surface area contributed by atoms with E-state index in [2.05, 4.69) is 40.5 Å². The molecule has 2 N–H and O–H groups in total. The van der Waals surface area contributed by atoms with Crippen LogP contribution in [0.5, 0.6) is 0 Å². The first-order chi connectivity index (χ1) is 16.9. The van der Waals surface area contributed by atoms with Gasteiger partial charge in [-0.15, -0.1) is 0 Å². The highest BCUT2D eigenvalue weighted by Crippen LogP contribution is 2.42. The molecule has 3 aromatic rings. The van der Waals surface area contributed by atoms with Gasteiger partial charge in [0.25, 0.3) is 5.91 Å². The highest BCUT2D eigenvalue weighted by molar-refractivity contribution is 5.90. The summed E-state index contributed by atoms with van der Waals surface area (Å²) in [6.07, 6.45) is 2.44. The summed E-state index contributed by atoms with van der Waals surface area (Å²) in [6, 6.07) is 26.0. The van der Waals surface area contributed by atoms with Gasteiger partial charge in [0.05, 0.1) is 0 Å². The molecule has 182 valence electrons. The number of nitrogens with one attached hydrogen (secondary N) is 1. The summed E-state index contributed by atoms with van der Waals surface area (Å²) in [5, 5.41) is 15.1. The number of hydrogen-bond acceptors (Lipinski definition) is 3. The molecule has 2 aliphatic rings. The number of rotatable bonds is 7. The fraction of sp³-hybridized carbons (Fsp3) is 0.387. The Morgan fingerprint density at radius 3 is 2.00 bits per heavy atom. The number of carbonyl (C=O) groups excluding carboxylic acids is 1. The van der Waals surface area contributed by atoms with Crippen LogP contribution in [0.4, 0.5) is 0 Å². The van der Waals surface area contributed by atoms with E-state index in [1.54, 1.807) is 0 Å². The maximum atomic E-state index is 13.7. The normalized spacial score (nSPS) is 22.2. The summed E-state index contributed by atoms with van der Waals surface area (Å²) in [5.74, 6) is 1.30. The van der Waals surface area contributed by atoms with Crippen molar-refractivity contribution in [3.8, 4) is 0 Å². The van der Waals surface area contributed by atoms with E-state index in [9.17, 15) is 9.90 Å². The third kappa shape index (κ3) is 4.91. The van der Waals surface area contributed by atoms with Gasteiger partial charge in [0.15, 0.2) is 5.60 Å². The molecule has 5 rings (SSSR count). The molecular formula is C31H36N2O2. The van der Waals surface area contributed by atoms with Crippen LogP contribution in [0.2, 0.25) is 0 Å². The van der Waals surface area contributed by atoms with Gasteiger partial charge < -0.3 is 10.4 Å². The van der Waals surface area contributed by atoms with Crippen molar-refractivity contribution in [2.75, 3.05) is 19.6 Å². The van der Waals surface area contributed by atoms with Gasteiger partial charge in [-0.25, -0.2) is 0 Å². The number of likely N-dealkylation sites (tertiary alicyclic amines) is 1. The van der Waals surface area contributed by atoms with Crippen LogP contribution in [0, 0.1) is 31.6 Å². The quantitative estimate of drug-likeness (QED) is 0.523. The van der Waals surface area contributed by atoms with Crippen molar-refractivity contribution in [1.82, 2.24) is 10.2 Å². The number of aryl methyl sites for hydroxylation is 2. The second kappa shape index (κ2) is 9.96. The Hall–Kier alpha value is -2.95. The molecule has 35 heavy (non-hydrogen) atoms. The van der Waals surface area contributed by atoms with Gasteiger partial charge in [-0.3, -0.25) is 9.69 Å². The summed E-state index contributed by atoms with van der Waals surface area (Å²) in [7, 11) is 0. The van der Waals surface area contributed by atoms with E-state index in [4.69, 9.17) is 0 Å². The van der Waals surface area contributed by atoms with Crippen molar-refractivity contribution >= 4 is 5.91 Å². The van der Waals surface area contributed by atoms with Gasteiger partial charge in [0, 0.05) is 26.2 Å². The minimum Gasteiger partial charge on any atom is -0.372 e. The van der Waals surface area contributed by atoms with Crippen LogP contribution in [0.25, 0.3) is 0 Å². The van der Waals surface area contributed by atoms with Gasteiger partial charge >= 0.3 is 0 Å². The lowest BCUT2D eigenvalue weighted by atomic mass is 9.82. The molecule has 2 bridgehead atoms. The maximum Gasteiger partial charge on any atom is 0.261 e. The molecule has 2 unspecified atom stereocenters. The summed E-state index contributed by atoms with van der Waals surface area (Å²) in [5.41, 5.74) is 2.91. The summed E-state index contributed by atoms with van der Waals surface area (Å²) < 4.78 is 0. The Balaban J connectivity index is 1.31. The molecule has 1 heterocycles. The van der Waals surface area contributed by atoms with E-state index < -0.39 is 5.60 Å². The number of amides is 1. The number of benzene rings is 3. The van der Waals surface area contributed by atoms with Crippen molar-refractivity contribution in [2.45, 2.75) is 38.8 Å². The SMILES string of the molecule is Cc1cccc(C(O)(C(=O)NCC2C3CCC2CN(Cc2ccccc2)C3)c2cccc(C)c2)c1. The summed E-state index contributed by atoms with van der Waals surface area (Å²) in [6.45, 7) is 7.73. The van der Waals surface area contributed by atoms with E-state index in [0.29, 0.717) is 35.4 Å². The molecule has 2 fully saturated rings. The zero-order valence-corrected chi connectivity index (χ0v) is 20.8. The maximum absolute atomic E-state index is 13.7. The van der Waals surface area contributed by atoms with Gasteiger partial charge in [0.2, 0.25) is 0 Å². The topological polar surface area (TPSA) is 52.6 Å². The number of piperidine rings is 1. The van der Waals surface area contributed by atoms with Crippen LogP contribution in [-0.2, 0) is 16.9 Å². The van der Waals surface area contributed by atoms with Gasteiger partial charge in [-0.2, -0.15) is 0 Å². The van der Waals surface area contributed by atoms with Crippen molar-refractivity contribution in [3.63, 3.8) is 0 Å². The molecule has 0 radical (unpaired) electrons. The predicted molar refractivity (Wildman–Crippen MR) is 140 cm³/mol. The lowest BCUT2D eigenvalue weighted by molar-refractivity contribution is -0.137. The van der Waals surface area contributed by atoms with Gasteiger partial charge in [-0.05, 0) is 61.1 Å². The zero-order chi connectivity index (χ0) is 24.4. The Morgan fingerprint density at radius 1 is 0.886 bits per heavy atom. The number of carbonyl (C=O) groups is 1. The molecule has 1 saturated heterocycles. The van der Waals surface area contributed by atoms with Crippen molar-refractivity contribution in [1.29, 1.82) is 0 Å². The summed E-state index contributed by atoms with van der Waals surface area (Å²) in [4.78, 5) is 16.3. The van der Waals surface area contributed by atoms with Crippen molar-refractivity contribution in [2.24, 2.45) is 17.8 Å². The predicted octanol–water partition coefficient (Wildman–Crippen LogP) is 4.81. The molecular weight excluding hydrogens is 432 g/mol. The van der Waals surface area contributed by atoms with Crippen LogP contribution in [-0.4, -0.2) is 35.5 Å². The molecule has 1 aliphatic heterocycles. The lowest BCUT2D eigenvalue weighted by Crippen LogP contribution is -2.50. The molecule has 1 aliphatic carbocycles. The monoisotopic (exact) mass is 468 g/mol. The van der Waals surface area contributed by atoms with Gasteiger partial charge in [0.1, 0.15) is 0 Å². The van der Waals surface area contributed by atoms with E-state index in [1.165, 1.54) is 18.4 Å². The molecule has 0 spiro atoms. The number of hydrogen-bond donors (Lipinski definition) is 2. The lowest BCUT2D eigenvalue weighted by Gasteiger charge is -2.39. The van der Waals surface area contributed by atoms with Crippen LogP contribution in [0.15, 0.2) is 78.9 Å². The molecule has 3 aromatic carbocycles. The fourth-order valence-corrected chi connectivity index (χ4v) is 6.24. The molecule has 4 heteroatoms. The fourth-order valence-electron chi connectivity index (χ4n) is 6.24. The van der Waals surface area contributed by atoms with Crippen molar-refractivity contribution < 1.29 is 9.90 Å². The van der Waals surface area contributed by atoms with E-state index >= 15 is 0 Å². The minimum absolute atomic E-state index is 0.334. The number of fused-ring (bicyclic) bond motifs is 2. The Kier molecular flexibility index (Phi) is 6.77. The molecule has 1 amide bonds. The van der Waals surface area contributed by atoms with E-state index in [-0.39, 0.29) is 5.91 Å². The second-order valence-electron chi connectivity index (χ2n) is 10.6. The second-order valence-corrected chi connectivity index (χ2v) is 10.6. The third-order valence-electron chi connectivity index (χ3n) is 8.05. The molecule has 2 atom stereocenters. The van der Waals surface area contributed by atoms with Crippen LogP contribution >= 0.6 is 0 Å². The first-order valence-corrected chi connectivity index (χ1v) is 12.8. The van der Waals surface area contributed by atoms with E-state index in [0.717, 1.165) is 30.8 Å². The van der Waals surface area contributed by atoms with Crippen LogP contribution < -0.4 is 5.32 Å². The highest BCUT2D eigenvalue weighted by Gasteiger charge is 2.44. The van der Waals surface area contributed by atoms with Gasteiger partial charge in [-0.1, -0.05) is 90.0 Å². The highest BCUT2D eigenvalue weighted by atomic mass is 16.3. The number of aliphatic hydroxyl groups is 1. The van der Waals surface area contributed by atoms with Crippen LogP contribution in [0.1, 0.15) is 40.7 Å². The first kappa shape index (κ1) is 23.8. The molecule has 4 nitrogen and oxygen atoms in total. The largest absolute Gasteiger partial charge is 0.372 e.